The van der Waals surface area contributed by atoms with Crippen LogP contribution in [-0.4, -0.2) is 6.61 Å². The summed E-state index contributed by atoms with van der Waals surface area (Å²) >= 11 is 0. The van der Waals surface area contributed by atoms with Crippen LogP contribution in [0, 0.1) is 0 Å². The first kappa shape index (κ1) is 28.7. The molecule has 0 fully saturated rings. The lowest BCUT2D eigenvalue weighted by Gasteiger charge is -2.09. The monoisotopic (exact) mass is 518 g/mol. The van der Waals surface area contributed by atoms with Gasteiger partial charge < -0.3 is 4.74 Å². The first-order valence-electron chi connectivity index (χ1n) is 15.3. The maximum atomic E-state index is 6.01. The molecule has 0 saturated carbocycles. The maximum Gasteiger partial charge on any atom is 0.119 e. The molecule has 0 amide bonds. The molecule has 0 radical (unpaired) electrons. The molecule has 0 bridgehead atoms. The molecule has 0 heterocycles. The minimum atomic E-state index is 0.814. The van der Waals surface area contributed by atoms with Gasteiger partial charge in [0.25, 0.3) is 0 Å². The average Bonchev–Trinajstić information content (AvgIpc) is 3.00. The Morgan fingerprint density at radius 1 is 0.359 bits per heavy atom. The fraction of sp³-hybridized carbons (Fsp3) is 0.368. The highest BCUT2D eigenvalue weighted by Gasteiger charge is 2.03. The van der Waals surface area contributed by atoms with E-state index in [1.807, 2.05) is 0 Å². The van der Waals surface area contributed by atoms with Crippen LogP contribution in [0.4, 0.5) is 0 Å². The van der Waals surface area contributed by atoms with Crippen molar-refractivity contribution in [3.63, 3.8) is 0 Å². The van der Waals surface area contributed by atoms with Crippen molar-refractivity contribution in [2.75, 3.05) is 6.61 Å². The molecule has 4 aromatic carbocycles. The van der Waals surface area contributed by atoms with Gasteiger partial charge in [0.15, 0.2) is 0 Å². The van der Waals surface area contributed by atoms with Crippen LogP contribution in [0.5, 0.6) is 5.75 Å². The molecule has 204 valence electrons. The van der Waals surface area contributed by atoms with E-state index in [1.165, 1.54) is 104 Å². The highest BCUT2D eigenvalue weighted by atomic mass is 16.5. The number of rotatable bonds is 17. The lowest BCUT2D eigenvalue weighted by atomic mass is 9.98. The number of unbranched alkanes of at least 4 members (excludes halogenated alkanes) is 11. The van der Waals surface area contributed by atoms with Gasteiger partial charge in [-0.2, -0.15) is 0 Å². The Kier molecular flexibility index (Phi) is 12.2. The minimum absolute atomic E-state index is 0.814. The lowest BCUT2D eigenvalue weighted by molar-refractivity contribution is 0.304. The van der Waals surface area contributed by atoms with Crippen molar-refractivity contribution in [1.82, 2.24) is 0 Å². The van der Waals surface area contributed by atoms with Crippen LogP contribution in [0.1, 0.15) is 84.0 Å². The summed E-state index contributed by atoms with van der Waals surface area (Å²) in [6, 6.07) is 36.7. The predicted molar refractivity (Wildman–Crippen MR) is 169 cm³/mol. The van der Waals surface area contributed by atoms with Crippen molar-refractivity contribution < 1.29 is 4.74 Å². The van der Waals surface area contributed by atoms with Gasteiger partial charge in [0, 0.05) is 0 Å². The molecule has 4 rings (SSSR count). The highest BCUT2D eigenvalue weighted by molar-refractivity contribution is 5.73. The fourth-order valence-electron chi connectivity index (χ4n) is 5.22. The van der Waals surface area contributed by atoms with E-state index in [1.54, 1.807) is 0 Å². The summed E-state index contributed by atoms with van der Waals surface area (Å²) < 4.78 is 6.01. The van der Waals surface area contributed by atoms with E-state index in [-0.39, 0.29) is 0 Å². The maximum absolute atomic E-state index is 6.01. The number of hydrogen-bond acceptors (Lipinski definition) is 1. The lowest BCUT2D eigenvalue weighted by Crippen LogP contribution is -1.97. The highest BCUT2D eigenvalue weighted by Crippen LogP contribution is 2.28. The van der Waals surface area contributed by atoms with Crippen molar-refractivity contribution in [1.29, 1.82) is 0 Å². The molecular formula is C38H46O. The van der Waals surface area contributed by atoms with Gasteiger partial charge in [0.05, 0.1) is 6.61 Å². The zero-order chi connectivity index (χ0) is 27.0. The van der Waals surface area contributed by atoms with E-state index in [4.69, 9.17) is 4.74 Å². The third kappa shape index (κ3) is 9.74. The molecule has 1 nitrogen and oxygen atoms in total. The molecule has 0 atom stereocenters. The third-order valence-corrected chi connectivity index (χ3v) is 7.66. The summed E-state index contributed by atoms with van der Waals surface area (Å²) in [6.45, 7) is 3.10. The second kappa shape index (κ2) is 16.6. The predicted octanol–water partition coefficient (Wildman–Crippen LogP) is 11.8. The number of ether oxygens (including phenoxy) is 1. The Morgan fingerprint density at radius 2 is 0.692 bits per heavy atom. The largest absolute Gasteiger partial charge is 0.494 e. The Bertz CT molecular complexity index is 1170. The molecule has 1 heteroatoms. The first-order chi connectivity index (χ1) is 19.3. The van der Waals surface area contributed by atoms with E-state index in [0.29, 0.717) is 0 Å². The SMILES string of the molecule is CCCCCCCCCCCCCCOc1ccc(-c2ccc(-c3ccc(-c4ccccc4)cc3)cc2)cc1. The van der Waals surface area contributed by atoms with Crippen LogP contribution in [0.3, 0.4) is 0 Å². The second-order valence-corrected chi connectivity index (χ2v) is 10.8. The van der Waals surface area contributed by atoms with Crippen LogP contribution in [-0.2, 0) is 0 Å². The van der Waals surface area contributed by atoms with Crippen LogP contribution in [0.25, 0.3) is 33.4 Å². The van der Waals surface area contributed by atoms with Gasteiger partial charge in [-0.3, -0.25) is 0 Å². The van der Waals surface area contributed by atoms with E-state index < -0.39 is 0 Å². The fourth-order valence-corrected chi connectivity index (χ4v) is 5.22. The summed E-state index contributed by atoms with van der Waals surface area (Å²) in [5, 5.41) is 0. The van der Waals surface area contributed by atoms with Gasteiger partial charge in [0.1, 0.15) is 5.75 Å². The smallest absolute Gasteiger partial charge is 0.119 e. The van der Waals surface area contributed by atoms with E-state index in [0.717, 1.165) is 18.8 Å². The molecule has 0 aliphatic heterocycles. The Balaban J connectivity index is 1.13. The van der Waals surface area contributed by atoms with E-state index >= 15 is 0 Å². The molecule has 0 aliphatic carbocycles. The molecule has 0 N–H and O–H groups in total. The van der Waals surface area contributed by atoms with Gasteiger partial charge in [-0.05, 0) is 51.9 Å². The summed E-state index contributed by atoms with van der Waals surface area (Å²) in [6.07, 6.45) is 16.4. The summed E-state index contributed by atoms with van der Waals surface area (Å²) in [5.74, 6) is 0.969. The molecule has 0 unspecified atom stereocenters. The van der Waals surface area contributed by atoms with Gasteiger partial charge in [-0.1, -0.05) is 169 Å². The van der Waals surface area contributed by atoms with Crippen LogP contribution in [0.15, 0.2) is 103 Å². The topological polar surface area (TPSA) is 9.23 Å². The number of benzene rings is 4. The minimum Gasteiger partial charge on any atom is -0.494 e. The summed E-state index contributed by atoms with van der Waals surface area (Å²) in [4.78, 5) is 0. The molecular weight excluding hydrogens is 472 g/mol. The molecule has 0 aliphatic rings. The standard InChI is InChI=1S/C38H46O/c1-2-3-4-5-6-7-8-9-10-11-12-16-31-39-38-29-27-37(28-30-38)36-25-23-35(24-26-36)34-21-19-33(20-22-34)32-17-14-13-15-18-32/h13-15,17-30H,2-12,16,31H2,1H3. The number of hydrogen-bond donors (Lipinski definition) is 0. The van der Waals surface area contributed by atoms with Gasteiger partial charge in [-0.25, -0.2) is 0 Å². The van der Waals surface area contributed by atoms with Crippen molar-refractivity contribution in [2.45, 2.75) is 84.0 Å². The second-order valence-electron chi connectivity index (χ2n) is 10.8. The van der Waals surface area contributed by atoms with Gasteiger partial charge in [0.2, 0.25) is 0 Å². The van der Waals surface area contributed by atoms with Crippen molar-refractivity contribution in [3.05, 3.63) is 103 Å². The third-order valence-electron chi connectivity index (χ3n) is 7.66. The van der Waals surface area contributed by atoms with Crippen LogP contribution >= 0.6 is 0 Å². The Labute approximate surface area is 237 Å². The Morgan fingerprint density at radius 3 is 1.10 bits per heavy atom. The zero-order valence-electron chi connectivity index (χ0n) is 23.9. The quantitative estimate of drug-likeness (QED) is 0.126. The van der Waals surface area contributed by atoms with Crippen molar-refractivity contribution in [3.8, 4) is 39.1 Å². The molecule has 0 saturated heterocycles. The van der Waals surface area contributed by atoms with Gasteiger partial charge in [-0.15, -0.1) is 0 Å². The summed E-state index contributed by atoms with van der Waals surface area (Å²) in [5.41, 5.74) is 7.42. The summed E-state index contributed by atoms with van der Waals surface area (Å²) in [7, 11) is 0. The van der Waals surface area contributed by atoms with E-state index in [2.05, 4.69) is 110 Å². The van der Waals surface area contributed by atoms with Crippen molar-refractivity contribution >= 4 is 0 Å². The molecule has 39 heavy (non-hydrogen) atoms. The zero-order valence-corrected chi connectivity index (χ0v) is 23.9. The van der Waals surface area contributed by atoms with E-state index in [9.17, 15) is 0 Å². The molecule has 0 spiro atoms. The average molecular weight is 519 g/mol. The normalized spacial score (nSPS) is 11.0. The Hall–Kier alpha value is -3.32. The van der Waals surface area contributed by atoms with Crippen molar-refractivity contribution in [2.24, 2.45) is 0 Å². The van der Waals surface area contributed by atoms with Crippen LogP contribution < -0.4 is 4.74 Å². The van der Waals surface area contributed by atoms with Crippen LogP contribution in [0.2, 0.25) is 0 Å². The molecule has 4 aromatic rings. The van der Waals surface area contributed by atoms with Gasteiger partial charge >= 0.3 is 0 Å². The molecule has 0 aromatic heterocycles. The first-order valence-corrected chi connectivity index (χ1v) is 15.3.